The van der Waals surface area contributed by atoms with Gasteiger partial charge in [0.1, 0.15) is 5.82 Å². The Bertz CT molecular complexity index is 1090. The molecule has 0 bridgehead atoms. The van der Waals surface area contributed by atoms with Gasteiger partial charge in [-0.1, -0.05) is 62.2 Å². The molecule has 3 aromatic rings. The molecular weight excluding hydrogens is 435 g/mol. The van der Waals surface area contributed by atoms with E-state index in [9.17, 15) is 9.90 Å². The number of carbonyl (C=O) groups excluding carboxylic acids is 1. The minimum absolute atomic E-state index is 0.221. The summed E-state index contributed by atoms with van der Waals surface area (Å²) in [6, 6.07) is 13.8. The molecule has 0 radical (unpaired) electrons. The number of carbonyl (C=O) groups is 1. The van der Waals surface area contributed by atoms with E-state index in [-0.39, 0.29) is 10.4 Å². The van der Waals surface area contributed by atoms with Crippen LogP contribution in [-0.4, -0.2) is 20.9 Å². The third-order valence-corrected chi connectivity index (χ3v) is 5.56. The monoisotopic (exact) mass is 460 g/mol. The van der Waals surface area contributed by atoms with Gasteiger partial charge in [0.2, 0.25) is 0 Å². The minimum atomic E-state index is -0.948. The zero-order valence-electron chi connectivity index (χ0n) is 18.1. The Morgan fingerprint density at radius 2 is 1.65 bits per heavy atom. The summed E-state index contributed by atoms with van der Waals surface area (Å²) in [6.45, 7) is 9.60. The second-order valence-corrected chi connectivity index (χ2v) is 9.65. The predicted molar refractivity (Wildman–Crippen MR) is 127 cm³/mol. The summed E-state index contributed by atoms with van der Waals surface area (Å²) in [6.07, 6.45) is 0. The number of amides is 2. The highest BCUT2D eigenvalue weighted by Gasteiger charge is 2.22. The number of rotatable bonds is 4. The minimum Gasteiger partial charge on any atom is -0.386 e. The molecule has 31 heavy (non-hydrogen) atoms. The molecule has 2 aromatic carbocycles. The lowest BCUT2D eigenvalue weighted by Crippen LogP contribution is -2.21. The third kappa shape index (κ3) is 5.39. The van der Waals surface area contributed by atoms with E-state index < -0.39 is 11.6 Å². The molecule has 0 atom stereocenters. The van der Waals surface area contributed by atoms with Gasteiger partial charge >= 0.3 is 6.03 Å². The highest BCUT2D eigenvalue weighted by atomic mass is 35.5. The number of anilines is 2. The Morgan fingerprint density at radius 3 is 2.23 bits per heavy atom. The molecule has 0 spiro atoms. The molecule has 0 aliphatic heterocycles. The van der Waals surface area contributed by atoms with Crippen molar-refractivity contribution >= 4 is 40.7 Å². The largest absolute Gasteiger partial charge is 0.386 e. The van der Waals surface area contributed by atoms with Crippen molar-refractivity contribution in [3.05, 3.63) is 69.8 Å². The maximum Gasteiger partial charge on any atom is 0.324 e. The van der Waals surface area contributed by atoms with Crippen LogP contribution in [-0.2, 0) is 11.0 Å². The van der Waals surface area contributed by atoms with Gasteiger partial charge in [-0.2, -0.15) is 5.10 Å². The fraction of sp³-hybridized carbons (Fsp3) is 0.304. The first-order valence-corrected chi connectivity index (χ1v) is 10.6. The van der Waals surface area contributed by atoms with Crippen molar-refractivity contribution in [2.45, 2.75) is 45.6 Å². The summed E-state index contributed by atoms with van der Waals surface area (Å²) in [5.41, 5.74) is 1.58. The quantitative estimate of drug-likeness (QED) is 0.424. The molecule has 0 aliphatic rings. The second kappa shape index (κ2) is 8.54. The Hall–Kier alpha value is -2.54. The summed E-state index contributed by atoms with van der Waals surface area (Å²) in [7, 11) is 0. The van der Waals surface area contributed by atoms with Crippen molar-refractivity contribution < 1.29 is 9.90 Å². The molecule has 1 heterocycles. The van der Waals surface area contributed by atoms with Crippen molar-refractivity contribution in [1.29, 1.82) is 0 Å². The number of aliphatic hydroxyl groups is 1. The van der Waals surface area contributed by atoms with Crippen LogP contribution >= 0.6 is 23.2 Å². The summed E-state index contributed by atoms with van der Waals surface area (Å²) in [5, 5.41) is 21.1. The van der Waals surface area contributed by atoms with Crippen LogP contribution in [0.25, 0.3) is 5.69 Å². The normalized spacial score (nSPS) is 12.0. The van der Waals surface area contributed by atoms with Gasteiger partial charge in [0, 0.05) is 11.5 Å². The van der Waals surface area contributed by atoms with Crippen molar-refractivity contribution in [2.24, 2.45) is 0 Å². The van der Waals surface area contributed by atoms with Crippen LogP contribution in [0.4, 0.5) is 16.3 Å². The smallest absolute Gasteiger partial charge is 0.324 e. The Kier molecular flexibility index (Phi) is 6.37. The molecule has 0 saturated heterocycles. The number of benzene rings is 2. The fourth-order valence-electron chi connectivity index (χ4n) is 2.91. The zero-order valence-corrected chi connectivity index (χ0v) is 19.6. The number of hydrogen-bond acceptors (Lipinski definition) is 3. The van der Waals surface area contributed by atoms with Crippen LogP contribution in [0.2, 0.25) is 10.0 Å². The van der Waals surface area contributed by atoms with Crippen molar-refractivity contribution in [1.82, 2.24) is 9.78 Å². The molecular formula is C23H26Cl2N4O2. The molecule has 8 heteroatoms. The number of nitrogens with zero attached hydrogens (tertiary/aromatic N) is 2. The summed E-state index contributed by atoms with van der Waals surface area (Å²) < 4.78 is 1.66. The van der Waals surface area contributed by atoms with Crippen molar-refractivity contribution in [3.8, 4) is 5.69 Å². The zero-order chi connectivity index (χ0) is 23.0. The van der Waals surface area contributed by atoms with E-state index in [1.807, 2.05) is 51.1 Å². The van der Waals surface area contributed by atoms with Crippen LogP contribution in [0.1, 0.15) is 45.9 Å². The summed E-state index contributed by atoms with van der Waals surface area (Å²) >= 11 is 12.2. The standard InChI is InChI=1S/C23H26Cl2N4O2/c1-22(2,3)18-13-19(27-21(30)26-17-8-6-7-16(24)20(17)25)29(28-18)15-11-9-14(10-12-15)23(4,5)31/h6-13,31H,1-5H3,(H2,26,27,30). The molecule has 0 fully saturated rings. The van der Waals surface area contributed by atoms with Crippen molar-refractivity contribution in [2.75, 3.05) is 10.6 Å². The summed E-state index contributed by atoms with van der Waals surface area (Å²) in [4.78, 5) is 12.7. The van der Waals surface area contributed by atoms with E-state index in [4.69, 9.17) is 28.3 Å². The van der Waals surface area contributed by atoms with E-state index in [0.717, 1.165) is 16.9 Å². The van der Waals surface area contributed by atoms with E-state index in [1.165, 1.54) is 0 Å². The molecule has 0 saturated carbocycles. The van der Waals surface area contributed by atoms with Gasteiger partial charge in [0.05, 0.1) is 32.7 Å². The molecule has 2 amide bonds. The number of urea groups is 1. The first kappa shape index (κ1) is 23.1. The molecule has 1 aromatic heterocycles. The van der Waals surface area contributed by atoms with Gasteiger partial charge in [-0.15, -0.1) is 0 Å². The van der Waals surface area contributed by atoms with Crippen LogP contribution in [0, 0.1) is 0 Å². The lowest BCUT2D eigenvalue weighted by Gasteiger charge is -2.18. The van der Waals surface area contributed by atoms with E-state index >= 15 is 0 Å². The van der Waals surface area contributed by atoms with E-state index in [2.05, 4.69) is 10.6 Å². The lowest BCUT2D eigenvalue weighted by atomic mass is 9.92. The Morgan fingerprint density at radius 1 is 1.00 bits per heavy atom. The Labute approximate surface area is 192 Å². The van der Waals surface area contributed by atoms with Gasteiger partial charge in [-0.05, 0) is 43.7 Å². The van der Waals surface area contributed by atoms with E-state index in [1.54, 1.807) is 36.7 Å². The maximum absolute atomic E-state index is 12.7. The number of hydrogen-bond donors (Lipinski definition) is 3. The number of aromatic nitrogens is 2. The first-order chi connectivity index (χ1) is 14.4. The van der Waals surface area contributed by atoms with Crippen LogP contribution in [0.5, 0.6) is 0 Å². The molecule has 0 aliphatic carbocycles. The maximum atomic E-state index is 12.7. The average molecular weight is 461 g/mol. The SMILES string of the molecule is CC(C)(C)c1cc(NC(=O)Nc2cccc(Cl)c2Cl)n(-c2ccc(C(C)(C)O)cc2)n1. The number of nitrogens with one attached hydrogen (secondary N) is 2. The first-order valence-electron chi connectivity index (χ1n) is 9.82. The lowest BCUT2D eigenvalue weighted by molar-refractivity contribution is 0.0786. The number of halogens is 2. The molecule has 3 N–H and O–H groups in total. The molecule has 164 valence electrons. The third-order valence-electron chi connectivity index (χ3n) is 4.74. The van der Waals surface area contributed by atoms with Gasteiger partial charge < -0.3 is 10.4 Å². The van der Waals surface area contributed by atoms with E-state index in [0.29, 0.717) is 16.5 Å². The van der Waals surface area contributed by atoms with Crippen LogP contribution in [0.15, 0.2) is 48.5 Å². The van der Waals surface area contributed by atoms with Gasteiger partial charge in [0.15, 0.2) is 0 Å². The highest BCUT2D eigenvalue weighted by molar-refractivity contribution is 6.44. The summed E-state index contributed by atoms with van der Waals surface area (Å²) in [5.74, 6) is 0.497. The average Bonchev–Trinajstić information content (AvgIpc) is 3.09. The fourth-order valence-corrected chi connectivity index (χ4v) is 3.26. The van der Waals surface area contributed by atoms with Crippen molar-refractivity contribution in [3.63, 3.8) is 0 Å². The topological polar surface area (TPSA) is 79.2 Å². The van der Waals surface area contributed by atoms with Gasteiger partial charge in [0.25, 0.3) is 0 Å². The van der Waals surface area contributed by atoms with Crippen LogP contribution in [0.3, 0.4) is 0 Å². The highest BCUT2D eigenvalue weighted by Crippen LogP contribution is 2.30. The molecule has 0 unspecified atom stereocenters. The Balaban J connectivity index is 1.93. The second-order valence-electron chi connectivity index (χ2n) is 8.86. The molecule has 6 nitrogen and oxygen atoms in total. The van der Waals surface area contributed by atoms with Crippen LogP contribution < -0.4 is 10.6 Å². The molecule has 3 rings (SSSR count). The predicted octanol–water partition coefficient (Wildman–Crippen LogP) is 6.35. The van der Waals surface area contributed by atoms with Gasteiger partial charge in [-0.3, -0.25) is 5.32 Å². The van der Waals surface area contributed by atoms with Gasteiger partial charge in [-0.25, -0.2) is 9.48 Å².